The normalized spacial score (nSPS) is 10.4. The number of nitrogens with one attached hydrogen (secondary N) is 2. The van der Waals surface area contributed by atoms with Crippen molar-refractivity contribution < 1.29 is 9.53 Å². The van der Waals surface area contributed by atoms with Crippen LogP contribution in [-0.2, 0) is 11.3 Å². The van der Waals surface area contributed by atoms with Crippen molar-refractivity contribution in [1.82, 2.24) is 10.6 Å². The first-order chi connectivity index (χ1) is 10.0. The van der Waals surface area contributed by atoms with Gasteiger partial charge in [0.25, 0.3) is 0 Å². The molecule has 7 heteroatoms. The van der Waals surface area contributed by atoms with Crippen LogP contribution in [0.4, 0.5) is 0 Å². The fourth-order valence-electron chi connectivity index (χ4n) is 1.45. The number of nitrogens with two attached hydrogens (primary N) is 1. The third-order valence-electron chi connectivity index (χ3n) is 2.61. The molecule has 122 valence electrons. The fraction of sp³-hybridized carbons (Fsp3) is 0.333. The third-order valence-corrected chi connectivity index (χ3v) is 2.61. The Morgan fingerprint density at radius 2 is 1.95 bits per heavy atom. The van der Waals surface area contributed by atoms with Gasteiger partial charge in [0.05, 0.1) is 7.11 Å². The average molecular weight is 418 g/mol. The topological polar surface area (TPSA) is 88.7 Å². The number of methoxy groups -OCH3 is 1. The van der Waals surface area contributed by atoms with E-state index in [2.05, 4.69) is 22.2 Å². The van der Waals surface area contributed by atoms with Gasteiger partial charge in [0.1, 0.15) is 12.3 Å². The van der Waals surface area contributed by atoms with Crippen molar-refractivity contribution in [2.75, 3.05) is 20.2 Å². The van der Waals surface area contributed by atoms with Gasteiger partial charge in [0.15, 0.2) is 5.96 Å². The zero-order valence-electron chi connectivity index (χ0n) is 12.9. The number of carbonyl (C=O) groups is 1. The Labute approximate surface area is 148 Å². The molecule has 6 nitrogen and oxygen atoms in total. The summed E-state index contributed by atoms with van der Waals surface area (Å²) < 4.78 is 5.07. The maximum absolute atomic E-state index is 11.6. The predicted molar refractivity (Wildman–Crippen MR) is 99.6 cm³/mol. The Kier molecular flexibility index (Phi) is 10.0. The molecule has 1 aromatic carbocycles. The maximum atomic E-state index is 11.6. The van der Waals surface area contributed by atoms with Crippen LogP contribution in [-0.4, -0.2) is 32.1 Å². The Morgan fingerprint density at radius 1 is 1.32 bits per heavy atom. The minimum atomic E-state index is -0.189. The molecule has 4 N–H and O–H groups in total. The molecule has 0 saturated heterocycles. The lowest BCUT2D eigenvalue weighted by atomic mass is 10.2. The highest BCUT2D eigenvalue weighted by molar-refractivity contribution is 14.0. The Bertz CT molecular complexity index is 515. The van der Waals surface area contributed by atoms with Gasteiger partial charge in [-0.1, -0.05) is 24.3 Å². The van der Waals surface area contributed by atoms with E-state index in [0.29, 0.717) is 13.1 Å². The van der Waals surface area contributed by atoms with Gasteiger partial charge in [-0.3, -0.25) is 4.79 Å². The predicted octanol–water partition coefficient (Wildman–Crippen LogP) is 1.41. The van der Waals surface area contributed by atoms with Crippen LogP contribution in [0.25, 0.3) is 0 Å². The molecule has 0 aliphatic carbocycles. The molecule has 0 bridgehead atoms. The Hall–Kier alpha value is -1.77. The van der Waals surface area contributed by atoms with Crippen molar-refractivity contribution >= 4 is 35.8 Å². The van der Waals surface area contributed by atoms with E-state index in [-0.39, 0.29) is 42.4 Å². The van der Waals surface area contributed by atoms with Crippen molar-refractivity contribution in [2.24, 2.45) is 10.7 Å². The number of rotatable bonds is 7. The van der Waals surface area contributed by atoms with Crippen LogP contribution in [0.5, 0.6) is 5.75 Å². The minimum absolute atomic E-state index is 0. The van der Waals surface area contributed by atoms with E-state index in [1.54, 1.807) is 7.11 Å². The van der Waals surface area contributed by atoms with Gasteiger partial charge in [-0.15, -0.1) is 24.0 Å². The molecule has 1 aromatic rings. The highest BCUT2D eigenvalue weighted by Crippen LogP contribution is 2.10. The van der Waals surface area contributed by atoms with Crippen molar-refractivity contribution in [3.8, 4) is 5.75 Å². The van der Waals surface area contributed by atoms with Crippen LogP contribution in [0.1, 0.15) is 12.5 Å². The lowest BCUT2D eigenvalue weighted by Gasteiger charge is -2.06. The van der Waals surface area contributed by atoms with E-state index in [9.17, 15) is 4.79 Å². The molecule has 0 radical (unpaired) electrons. The molecular formula is C15H23IN4O2. The second-order valence-corrected chi connectivity index (χ2v) is 4.64. The number of halogens is 1. The number of amides is 1. The maximum Gasteiger partial charge on any atom is 0.242 e. The highest BCUT2D eigenvalue weighted by atomic mass is 127. The quantitative estimate of drug-likeness (QED) is 0.271. The van der Waals surface area contributed by atoms with Crippen LogP contribution >= 0.6 is 24.0 Å². The minimum Gasteiger partial charge on any atom is -0.497 e. The average Bonchev–Trinajstić information content (AvgIpc) is 2.49. The summed E-state index contributed by atoms with van der Waals surface area (Å²) in [5.74, 6) is 0.828. The van der Waals surface area contributed by atoms with Crippen LogP contribution in [0.3, 0.4) is 0 Å². The largest absolute Gasteiger partial charge is 0.497 e. The first-order valence-corrected chi connectivity index (χ1v) is 6.59. The number of hydrogen-bond acceptors (Lipinski definition) is 3. The Morgan fingerprint density at radius 3 is 2.50 bits per heavy atom. The summed E-state index contributed by atoms with van der Waals surface area (Å²) in [5.41, 5.74) is 7.54. The number of guanidine groups is 1. The van der Waals surface area contributed by atoms with E-state index in [1.165, 1.54) is 0 Å². The fourth-order valence-corrected chi connectivity index (χ4v) is 1.45. The molecule has 0 aliphatic heterocycles. The smallest absolute Gasteiger partial charge is 0.242 e. The summed E-state index contributed by atoms with van der Waals surface area (Å²) in [6.07, 6.45) is 0. The standard InChI is InChI=1S/C15H22N4O2.HI/c1-11(2)8-18-15(16)19-10-14(20)17-9-12-4-6-13(21-3)7-5-12;/h4-7H,1,8-10H2,2-3H3,(H,17,20)(H3,16,18,19);1H. The molecule has 1 amide bonds. The van der Waals surface area contributed by atoms with E-state index < -0.39 is 0 Å². The van der Waals surface area contributed by atoms with E-state index >= 15 is 0 Å². The molecular weight excluding hydrogens is 395 g/mol. The molecule has 0 aromatic heterocycles. The number of benzene rings is 1. The number of nitrogens with zero attached hydrogens (tertiary/aromatic N) is 1. The summed E-state index contributed by atoms with van der Waals surface area (Å²) in [6.45, 7) is 6.59. The lowest BCUT2D eigenvalue weighted by molar-refractivity contribution is -0.119. The molecule has 0 saturated carbocycles. The monoisotopic (exact) mass is 418 g/mol. The van der Waals surface area contributed by atoms with Gasteiger partial charge in [-0.25, -0.2) is 4.99 Å². The molecule has 0 aliphatic rings. The molecule has 22 heavy (non-hydrogen) atoms. The summed E-state index contributed by atoms with van der Waals surface area (Å²) in [6, 6.07) is 7.48. The van der Waals surface area contributed by atoms with Crippen LogP contribution in [0, 0.1) is 0 Å². The molecule has 0 heterocycles. The van der Waals surface area contributed by atoms with Crippen LogP contribution < -0.4 is 21.1 Å². The number of aliphatic imine (C=N–C) groups is 1. The number of hydrogen-bond donors (Lipinski definition) is 3. The van der Waals surface area contributed by atoms with Crippen molar-refractivity contribution in [2.45, 2.75) is 13.5 Å². The van der Waals surface area contributed by atoms with Gasteiger partial charge in [0.2, 0.25) is 5.91 Å². The third kappa shape index (κ3) is 8.50. The first kappa shape index (κ1) is 20.2. The van der Waals surface area contributed by atoms with Gasteiger partial charge < -0.3 is 21.1 Å². The summed E-state index contributed by atoms with van der Waals surface area (Å²) in [5, 5.41) is 5.63. The van der Waals surface area contributed by atoms with Crippen LogP contribution in [0.2, 0.25) is 0 Å². The molecule has 1 rings (SSSR count). The summed E-state index contributed by atoms with van der Waals surface area (Å²) in [4.78, 5) is 15.6. The SMILES string of the molecule is C=C(C)CNC(N)=NCC(=O)NCc1ccc(OC)cc1.I. The number of ether oxygens (including phenoxy) is 1. The Balaban J connectivity index is 0.00000441. The summed E-state index contributed by atoms with van der Waals surface area (Å²) >= 11 is 0. The van der Waals surface area contributed by atoms with Gasteiger partial charge >= 0.3 is 0 Å². The summed E-state index contributed by atoms with van der Waals surface area (Å²) in [7, 11) is 1.61. The molecule has 0 atom stereocenters. The molecule has 0 unspecified atom stereocenters. The first-order valence-electron chi connectivity index (χ1n) is 6.59. The van der Waals surface area contributed by atoms with Crippen LogP contribution in [0.15, 0.2) is 41.4 Å². The van der Waals surface area contributed by atoms with Crippen molar-refractivity contribution in [3.05, 3.63) is 42.0 Å². The van der Waals surface area contributed by atoms with Gasteiger partial charge in [-0.2, -0.15) is 0 Å². The zero-order chi connectivity index (χ0) is 15.7. The van der Waals surface area contributed by atoms with E-state index in [4.69, 9.17) is 10.5 Å². The van der Waals surface area contributed by atoms with Crippen molar-refractivity contribution in [1.29, 1.82) is 0 Å². The van der Waals surface area contributed by atoms with E-state index in [0.717, 1.165) is 16.9 Å². The molecule has 0 fully saturated rings. The van der Waals surface area contributed by atoms with Gasteiger partial charge in [0, 0.05) is 13.1 Å². The van der Waals surface area contributed by atoms with E-state index in [1.807, 2.05) is 31.2 Å². The zero-order valence-corrected chi connectivity index (χ0v) is 15.2. The number of carbonyl (C=O) groups excluding carboxylic acids is 1. The second kappa shape index (κ2) is 10.9. The van der Waals surface area contributed by atoms with Gasteiger partial charge in [-0.05, 0) is 24.6 Å². The highest BCUT2D eigenvalue weighted by Gasteiger charge is 2.01. The second-order valence-electron chi connectivity index (χ2n) is 4.64. The van der Waals surface area contributed by atoms with Crippen molar-refractivity contribution in [3.63, 3.8) is 0 Å². The molecule has 0 spiro atoms. The lowest BCUT2D eigenvalue weighted by Crippen LogP contribution is -2.34.